The van der Waals surface area contributed by atoms with Gasteiger partial charge in [0.05, 0.1) is 0 Å². The number of nitrogens with one attached hydrogen (secondary N) is 1. The van der Waals surface area contributed by atoms with Gasteiger partial charge in [0.2, 0.25) is 0 Å². The number of fused-ring (bicyclic) bond motifs is 1. The molecule has 2 heterocycles. The van der Waals surface area contributed by atoms with Crippen LogP contribution in [0.1, 0.15) is 28.4 Å². The molecule has 1 aliphatic heterocycles. The van der Waals surface area contributed by atoms with Gasteiger partial charge in [-0.2, -0.15) is 0 Å². The van der Waals surface area contributed by atoms with Crippen molar-refractivity contribution in [2.75, 3.05) is 17.6 Å². The Kier molecular flexibility index (Phi) is 2.87. The second kappa shape index (κ2) is 4.55. The van der Waals surface area contributed by atoms with Gasteiger partial charge in [0.15, 0.2) is 0 Å². The quantitative estimate of drug-likeness (QED) is 0.767. The summed E-state index contributed by atoms with van der Waals surface area (Å²) in [5, 5.41) is 14.0. The maximum atomic E-state index is 10.7. The van der Waals surface area contributed by atoms with E-state index < -0.39 is 6.10 Å². The van der Waals surface area contributed by atoms with Crippen molar-refractivity contribution < 1.29 is 5.11 Å². The number of aromatic nitrogens is 1. The number of benzene rings is 1. The second-order valence-corrected chi connectivity index (χ2v) is 4.89. The number of aliphatic hydroxyl groups is 1. The number of hydrogen-bond acceptors (Lipinski definition) is 4. The Morgan fingerprint density at radius 3 is 3.00 bits per heavy atom. The summed E-state index contributed by atoms with van der Waals surface area (Å²) >= 11 is 0. The Morgan fingerprint density at radius 1 is 1.37 bits per heavy atom. The molecule has 4 nitrogen and oxygen atoms in total. The highest BCUT2D eigenvalue weighted by molar-refractivity contribution is 5.64. The van der Waals surface area contributed by atoms with Gasteiger partial charge in [-0.05, 0) is 30.5 Å². The van der Waals surface area contributed by atoms with Crippen molar-refractivity contribution in [3.8, 4) is 0 Å². The number of rotatable bonds is 2. The zero-order valence-corrected chi connectivity index (χ0v) is 10.9. The van der Waals surface area contributed by atoms with E-state index in [0.717, 1.165) is 29.8 Å². The summed E-state index contributed by atoms with van der Waals surface area (Å²) in [4.78, 5) is 4.08. The van der Waals surface area contributed by atoms with Crippen LogP contribution < -0.4 is 11.1 Å². The molecule has 2 aromatic rings. The van der Waals surface area contributed by atoms with E-state index in [1.54, 1.807) is 6.20 Å². The van der Waals surface area contributed by atoms with Crippen molar-refractivity contribution in [2.24, 2.45) is 0 Å². The fourth-order valence-corrected chi connectivity index (χ4v) is 2.70. The molecule has 0 spiro atoms. The van der Waals surface area contributed by atoms with Crippen LogP contribution in [0.4, 0.5) is 11.5 Å². The molecule has 0 saturated heterocycles. The zero-order valence-electron chi connectivity index (χ0n) is 10.9. The highest BCUT2D eigenvalue weighted by Crippen LogP contribution is 2.36. The van der Waals surface area contributed by atoms with Crippen LogP contribution in [0, 0.1) is 6.92 Å². The first-order valence-electron chi connectivity index (χ1n) is 6.43. The predicted octanol–water partition coefficient (Wildman–Crippen LogP) is 2.02. The summed E-state index contributed by atoms with van der Waals surface area (Å²) in [5.41, 5.74) is 10.7. The van der Waals surface area contributed by atoms with E-state index in [4.69, 9.17) is 5.73 Å². The highest BCUT2D eigenvalue weighted by atomic mass is 16.3. The number of nitrogens with zero attached hydrogens (tertiary/aromatic N) is 1. The van der Waals surface area contributed by atoms with Crippen LogP contribution >= 0.6 is 0 Å². The van der Waals surface area contributed by atoms with Gasteiger partial charge in [-0.1, -0.05) is 18.2 Å². The Morgan fingerprint density at radius 2 is 2.21 bits per heavy atom. The number of aliphatic hydroxyl groups excluding tert-OH is 1. The Bertz CT molecular complexity index is 605. The van der Waals surface area contributed by atoms with Gasteiger partial charge >= 0.3 is 0 Å². The molecule has 4 N–H and O–H groups in total. The number of anilines is 2. The van der Waals surface area contributed by atoms with Gasteiger partial charge in [0, 0.05) is 29.6 Å². The van der Waals surface area contributed by atoms with Crippen LogP contribution in [-0.2, 0) is 6.42 Å². The van der Waals surface area contributed by atoms with E-state index in [1.807, 2.05) is 25.1 Å². The molecule has 0 aliphatic carbocycles. The predicted molar refractivity (Wildman–Crippen MR) is 76.1 cm³/mol. The molecule has 3 rings (SSSR count). The van der Waals surface area contributed by atoms with Gasteiger partial charge in [0.25, 0.3) is 0 Å². The van der Waals surface area contributed by atoms with Crippen molar-refractivity contribution in [3.05, 3.63) is 52.7 Å². The normalized spacial score (nSPS) is 14.8. The molecular formula is C15H17N3O. The van der Waals surface area contributed by atoms with E-state index in [2.05, 4.69) is 16.4 Å². The van der Waals surface area contributed by atoms with Crippen LogP contribution in [-0.4, -0.2) is 16.6 Å². The third kappa shape index (κ3) is 1.94. The first-order chi connectivity index (χ1) is 9.18. The number of pyridine rings is 1. The van der Waals surface area contributed by atoms with Gasteiger partial charge in [-0.25, -0.2) is 4.98 Å². The van der Waals surface area contributed by atoms with Crippen LogP contribution in [0.5, 0.6) is 0 Å². The molecule has 0 radical (unpaired) electrons. The lowest BCUT2D eigenvalue weighted by atomic mass is 9.95. The monoisotopic (exact) mass is 255 g/mol. The molecule has 1 atom stereocenters. The molecule has 0 fully saturated rings. The lowest BCUT2D eigenvalue weighted by Crippen LogP contribution is -2.09. The molecular weight excluding hydrogens is 238 g/mol. The van der Waals surface area contributed by atoms with E-state index in [0.29, 0.717) is 11.4 Å². The van der Waals surface area contributed by atoms with Crippen LogP contribution in [0.3, 0.4) is 0 Å². The molecule has 1 aromatic heterocycles. The molecule has 1 aliphatic rings. The molecule has 4 heteroatoms. The minimum absolute atomic E-state index is 0.392. The van der Waals surface area contributed by atoms with Crippen molar-refractivity contribution >= 4 is 11.5 Å². The Hall–Kier alpha value is -2.07. The zero-order chi connectivity index (χ0) is 13.4. The first-order valence-corrected chi connectivity index (χ1v) is 6.43. The van der Waals surface area contributed by atoms with Crippen LogP contribution in [0.25, 0.3) is 0 Å². The standard InChI is InChI=1S/C15H17N3O/c1-9-5-7-18-15(16)12(9)14(19)11-4-2-3-10-6-8-17-13(10)11/h2-5,7,14,17,19H,6,8H2,1H3,(H2,16,18). The summed E-state index contributed by atoms with van der Waals surface area (Å²) in [7, 11) is 0. The average molecular weight is 255 g/mol. The van der Waals surface area contributed by atoms with Crippen molar-refractivity contribution in [1.29, 1.82) is 0 Å². The third-order valence-corrected chi connectivity index (χ3v) is 3.69. The fourth-order valence-electron chi connectivity index (χ4n) is 2.70. The highest BCUT2D eigenvalue weighted by Gasteiger charge is 2.23. The molecule has 98 valence electrons. The molecule has 0 saturated carbocycles. The lowest BCUT2D eigenvalue weighted by molar-refractivity contribution is 0.220. The minimum atomic E-state index is -0.741. The number of hydrogen-bond donors (Lipinski definition) is 3. The largest absolute Gasteiger partial charge is 0.384 e. The average Bonchev–Trinajstić information content (AvgIpc) is 2.86. The second-order valence-electron chi connectivity index (χ2n) is 4.89. The van der Waals surface area contributed by atoms with Crippen LogP contribution in [0.2, 0.25) is 0 Å². The summed E-state index contributed by atoms with van der Waals surface area (Å²) in [6, 6.07) is 7.87. The molecule has 0 bridgehead atoms. The maximum Gasteiger partial charge on any atom is 0.129 e. The number of para-hydroxylation sites is 1. The van der Waals surface area contributed by atoms with E-state index in [1.165, 1.54) is 5.56 Å². The molecule has 1 aromatic carbocycles. The van der Waals surface area contributed by atoms with E-state index in [-0.39, 0.29) is 0 Å². The lowest BCUT2D eigenvalue weighted by Gasteiger charge is -2.18. The minimum Gasteiger partial charge on any atom is -0.384 e. The number of nitrogens with two attached hydrogens (primary N) is 1. The van der Waals surface area contributed by atoms with Crippen molar-refractivity contribution in [2.45, 2.75) is 19.4 Å². The Balaban J connectivity index is 2.10. The maximum absolute atomic E-state index is 10.7. The fraction of sp³-hybridized carbons (Fsp3) is 0.267. The van der Waals surface area contributed by atoms with Gasteiger partial charge in [-0.3, -0.25) is 0 Å². The van der Waals surface area contributed by atoms with Crippen molar-refractivity contribution in [3.63, 3.8) is 0 Å². The van der Waals surface area contributed by atoms with Gasteiger partial charge in [0.1, 0.15) is 11.9 Å². The van der Waals surface area contributed by atoms with Crippen molar-refractivity contribution in [1.82, 2.24) is 4.98 Å². The molecule has 0 amide bonds. The topological polar surface area (TPSA) is 71.2 Å². The Labute approximate surface area is 112 Å². The number of aryl methyl sites for hydroxylation is 1. The molecule has 1 unspecified atom stereocenters. The summed E-state index contributed by atoms with van der Waals surface area (Å²) in [6.45, 7) is 2.85. The summed E-state index contributed by atoms with van der Waals surface area (Å²) < 4.78 is 0. The van der Waals surface area contributed by atoms with E-state index >= 15 is 0 Å². The van der Waals surface area contributed by atoms with Crippen LogP contribution in [0.15, 0.2) is 30.5 Å². The molecule has 19 heavy (non-hydrogen) atoms. The number of nitrogen functional groups attached to an aromatic ring is 1. The SMILES string of the molecule is Cc1ccnc(N)c1C(O)c1cccc2c1NCC2. The summed E-state index contributed by atoms with van der Waals surface area (Å²) in [5.74, 6) is 0.392. The summed E-state index contributed by atoms with van der Waals surface area (Å²) in [6.07, 6.45) is 1.92. The van der Waals surface area contributed by atoms with E-state index in [9.17, 15) is 5.11 Å². The first kappa shape index (κ1) is 12.0. The van der Waals surface area contributed by atoms with Gasteiger partial charge in [-0.15, -0.1) is 0 Å². The smallest absolute Gasteiger partial charge is 0.129 e. The third-order valence-electron chi connectivity index (χ3n) is 3.69. The van der Waals surface area contributed by atoms with Gasteiger partial charge < -0.3 is 16.2 Å².